The van der Waals surface area contributed by atoms with E-state index in [1.54, 1.807) is 23.5 Å². The van der Waals surface area contributed by atoms with Crippen LogP contribution >= 0.6 is 23.5 Å². The Hall–Kier alpha value is -1.97. The van der Waals surface area contributed by atoms with Crippen molar-refractivity contribution in [2.75, 3.05) is 37.1 Å². The molecule has 2 amide bonds. The first-order valence-corrected chi connectivity index (χ1v) is 13.2. The first kappa shape index (κ1) is 23.3. The van der Waals surface area contributed by atoms with Gasteiger partial charge in [-0.05, 0) is 61.0 Å². The van der Waals surface area contributed by atoms with Crippen LogP contribution in [0.1, 0.15) is 20.7 Å². The molecule has 2 rings (SSSR count). The van der Waals surface area contributed by atoms with Gasteiger partial charge in [0, 0.05) is 35.7 Å². The fourth-order valence-electron chi connectivity index (χ4n) is 2.44. The van der Waals surface area contributed by atoms with E-state index in [1.807, 2.05) is 12.5 Å². The summed E-state index contributed by atoms with van der Waals surface area (Å²) >= 11 is 3.26. The zero-order chi connectivity index (χ0) is 21.3. The topological polar surface area (TPSA) is 92.3 Å². The largest absolute Gasteiger partial charge is 0.351 e. The number of nitrogens with one attached hydrogen (secondary N) is 2. The molecular weight excluding hydrogens is 428 g/mol. The van der Waals surface area contributed by atoms with Crippen LogP contribution in [0, 0.1) is 0 Å². The highest BCUT2D eigenvalue weighted by Crippen LogP contribution is 2.21. The van der Waals surface area contributed by atoms with Crippen molar-refractivity contribution >= 4 is 45.2 Å². The zero-order valence-electron chi connectivity index (χ0n) is 16.3. The average molecular weight is 453 g/mol. The number of rotatable bonds is 10. The number of benzene rings is 2. The van der Waals surface area contributed by atoms with E-state index in [2.05, 4.69) is 10.6 Å². The van der Waals surface area contributed by atoms with Crippen LogP contribution in [0.3, 0.4) is 0 Å². The number of hydrogen-bond donors (Lipinski definition) is 2. The van der Waals surface area contributed by atoms with Crippen molar-refractivity contribution in [3.8, 4) is 0 Å². The van der Waals surface area contributed by atoms with Gasteiger partial charge in [0.15, 0.2) is 0 Å². The van der Waals surface area contributed by atoms with Crippen LogP contribution in [0.15, 0.2) is 58.3 Å². The Balaban J connectivity index is 2.10. The van der Waals surface area contributed by atoms with Crippen molar-refractivity contribution in [3.63, 3.8) is 0 Å². The second-order valence-corrected chi connectivity index (χ2v) is 9.97. The van der Waals surface area contributed by atoms with Crippen molar-refractivity contribution in [3.05, 3.63) is 59.7 Å². The first-order chi connectivity index (χ1) is 13.9. The molecule has 6 nitrogen and oxygen atoms in total. The standard InChI is InChI=1S/C20H24N2O4S3/c1-27-13-11-21-19(23)15-3-7-17(8-4-15)29(25,26)18-9-5-16(6-10-18)20(24)22-12-14-28-2/h3-10H,11-14H2,1-2H3,(H,21,23)(H,22,24). The monoisotopic (exact) mass is 452 g/mol. The molecule has 0 aromatic heterocycles. The van der Waals surface area contributed by atoms with Gasteiger partial charge in [-0.1, -0.05) is 0 Å². The Kier molecular flexibility index (Phi) is 9.06. The first-order valence-electron chi connectivity index (χ1n) is 8.89. The molecule has 0 atom stereocenters. The minimum Gasteiger partial charge on any atom is -0.351 e. The lowest BCUT2D eigenvalue weighted by atomic mass is 10.2. The van der Waals surface area contributed by atoms with E-state index in [0.29, 0.717) is 24.2 Å². The lowest BCUT2D eigenvalue weighted by Gasteiger charge is -2.08. The molecule has 29 heavy (non-hydrogen) atoms. The molecule has 2 aromatic rings. The summed E-state index contributed by atoms with van der Waals surface area (Å²) in [5.74, 6) is 1.15. The molecule has 0 aliphatic carbocycles. The Morgan fingerprint density at radius 2 is 1.07 bits per heavy atom. The maximum absolute atomic E-state index is 12.8. The molecular formula is C20H24N2O4S3. The molecule has 2 aromatic carbocycles. The second kappa shape index (κ2) is 11.3. The minimum absolute atomic E-state index is 0.0929. The molecule has 156 valence electrons. The smallest absolute Gasteiger partial charge is 0.251 e. The van der Waals surface area contributed by atoms with E-state index in [1.165, 1.54) is 48.5 Å². The molecule has 0 saturated carbocycles. The van der Waals surface area contributed by atoms with Crippen LogP contribution in [0.2, 0.25) is 0 Å². The molecule has 0 spiro atoms. The number of hydrogen-bond acceptors (Lipinski definition) is 6. The van der Waals surface area contributed by atoms with Crippen LogP contribution in [0.25, 0.3) is 0 Å². The van der Waals surface area contributed by atoms with E-state index in [-0.39, 0.29) is 21.6 Å². The minimum atomic E-state index is -3.74. The SMILES string of the molecule is CSCCNC(=O)c1ccc(S(=O)(=O)c2ccc(C(=O)NCCSC)cc2)cc1. The van der Waals surface area contributed by atoms with E-state index < -0.39 is 9.84 Å². The Bertz CT molecular complexity index is 856. The Morgan fingerprint density at radius 1 is 0.724 bits per heavy atom. The highest BCUT2D eigenvalue weighted by Gasteiger charge is 2.19. The van der Waals surface area contributed by atoms with Crippen LogP contribution in [-0.2, 0) is 9.84 Å². The second-order valence-electron chi connectivity index (χ2n) is 6.05. The summed E-state index contributed by atoms with van der Waals surface area (Å²) in [4.78, 5) is 24.3. The third kappa shape index (κ3) is 6.52. The number of carbonyl (C=O) groups is 2. The van der Waals surface area contributed by atoms with E-state index in [4.69, 9.17) is 0 Å². The highest BCUT2D eigenvalue weighted by atomic mass is 32.2. The zero-order valence-corrected chi connectivity index (χ0v) is 18.8. The predicted octanol–water partition coefficient (Wildman–Crippen LogP) is 2.71. The van der Waals surface area contributed by atoms with E-state index >= 15 is 0 Å². The Labute approximate surface area is 180 Å². The number of sulfone groups is 1. The summed E-state index contributed by atoms with van der Waals surface area (Å²) in [5.41, 5.74) is 0.810. The fraction of sp³-hybridized carbons (Fsp3) is 0.300. The lowest BCUT2D eigenvalue weighted by Crippen LogP contribution is -2.25. The third-order valence-electron chi connectivity index (χ3n) is 4.04. The van der Waals surface area contributed by atoms with Gasteiger partial charge in [0.2, 0.25) is 9.84 Å². The summed E-state index contributed by atoms with van der Waals surface area (Å²) in [5, 5.41) is 5.55. The van der Waals surface area contributed by atoms with E-state index in [0.717, 1.165) is 11.5 Å². The van der Waals surface area contributed by atoms with Crippen LogP contribution in [0.5, 0.6) is 0 Å². The summed E-state index contributed by atoms with van der Waals surface area (Å²) < 4.78 is 25.6. The molecule has 0 unspecified atom stereocenters. The molecule has 2 N–H and O–H groups in total. The molecule has 0 heterocycles. The van der Waals surface area contributed by atoms with Gasteiger partial charge in [-0.15, -0.1) is 0 Å². The maximum Gasteiger partial charge on any atom is 0.251 e. The molecule has 0 radical (unpaired) electrons. The average Bonchev–Trinajstić information content (AvgIpc) is 2.74. The van der Waals surface area contributed by atoms with Crippen LogP contribution < -0.4 is 10.6 Å². The molecule has 0 bridgehead atoms. The van der Waals surface area contributed by atoms with Crippen molar-refractivity contribution in [2.24, 2.45) is 0 Å². The van der Waals surface area contributed by atoms with Gasteiger partial charge in [0.1, 0.15) is 0 Å². The Morgan fingerprint density at radius 3 is 1.38 bits per heavy atom. The van der Waals surface area contributed by atoms with Crippen molar-refractivity contribution in [1.29, 1.82) is 0 Å². The number of thioether (sulfide) groups is 2. The van der Waals surface area contributed by atoms with Crippen molar-refractivity contribution in [1.82, 2.24) is 10.6 Å². The predicted molar refractivity (Wildman–Crippen MR) is 120 cm³/mol. The summed E-state index contributed by atoms with van der Waals surface area (Å²) in [7, 11) is -3.74. The van der Waals surface area contributed by atoms with Crippen molar-refractivity contribution in [2.45, 2.75) is 9.79 Å². The normalized spacial score (nSPS) is 11.1. The quantitative estimate of drug-likeness (QED) is 0.539. The molecule has 9 heteroatoms. The van der Waals surface area contributed by atoms with Gasteiger partial charge >= 0.3 is 0 Å². The number of carbonyl (C=O) groups excluding carboxylic acids is 2. The molecule has 0 fully saturated rings. The van der Waals surface area contributed by atoms with Gasteiger partial charge < -0.3 is 10.6 Å². The van der Waals surface area contributed by atoms with Crippen molar-refractivity contribution < 1.29 is 18.0 Å². The van der Waals surface area contributed by atoms with Gasteiger partial charge in [-0.2, -0.15) is 23.5 Å². The van der Waals surface area contributed by atoms with Crippen LogP contribution in [-0.4, -0.2) is 57.3 Å². The summed E-state index contributed by atoms with van der Waals surface area (Å²) in [6, 6.07) is 11.7. The van der Waals surface area contributed by atoms with Gasteiger partial charge in [-0.3, -0.25) is 9.59 Å². The van der Waals surface area contributed by atoms with E-state index in [9.17, 15) is 18.0 Å². The van der Waals surface area contributed by atoms with Gasteiger partial charge in [0.25, 0.3) is 11.8 Å². The number of amides is 2. The van der Waals surface area contributed by atoms with Gasteiger partial charge in [-0.25, -0.2) is 8.42 Å². The van der Waals surface area contributed by atoms with Gasteiger partial charge in [0.05, 0.1) is 9.79 Å². The molecule has 0 saturated heterocycles. The molecule has 0 aliphatic heterocycles. The summed E-state index contributed by atoms with van der Waals surface area (Å²) in [6.07, 6.45) is 3.91. The summed E-state index contributed by atoms with van der Waals surface area (Å²) in [6.45, 7) is 1.11. The lowest BCUT2D eigenvalue weighted by molar-refractivity contribution is 0.0948. The fourth-order valence-corrected chi connectivity index (χ4v) is 4.32. The molecule has 0 aliphatic rings. The maximum atomic E-state index is 12.8. The van der Waals surface area contributed by atoms with Crippen LogP contribution in [0.4, 0.5) is 0 Å². The highest BCUT2D eigenvalue weighted by molar-refractivity contribution is 7.98. The third-order valence-corrected chi connectivity index (χ3v) is 7.05.